The van der Waals surface area contributed by atoms with Gasteiger partial charge in [0, 0.05) is 11.6 Å². The normalized spacial score (nSPS) is 27.3. The minimum absolute atomic E-state index is 0.661. The third-order valence-electron chi connectivity index (χ3n) is 3.66. The highest BCUT2D eigenvalue weighted by Gasteiger charge is 2.22. The van der Waals surface area contributed by atoms with E-state index in [1.165, 1.54) is 19.3 Å². The van der Waals surface area contributed by atoms with E-state index in [-0.39, 0.29) is 0 Å². The van der Waals surface area contributed by atoms with Crippen molar-refractivity contribution < 1.29 is 0 Å². The third kappa shape index (κ3) is 4.20. The maximum atomic E-state index is 3.58. The van der Waals surface area contributed by atoms with Gasteiger partial charge in [-0.05, 0) is 43.2 Å². The summed E-state index contributed by atoms with van der Waals surface area (Å²) in [6, 6.07) is 10.8. The second-order valence-electron chi connectivity index (χ2n) is 5.66. The van der Waals surface area contributed by atoms with Gasteiger partial charge in [-0.15, -0.1) is 0 Å². The topological polar surface area (TPSA) is 12.0 Å². The van der Waals surface area contributed by atoms with Crippen LogP contribution in [0.2, 0.25) is 0 Å². The quantitative estimate of drug-likeness (QED) is 0.782. The van der Waals surface area contributed by atoms with Crippen LogP contribution in [0.5, 0.6) is 0 Å². The molecule has 0 radical (unpaired) electrons. The molecule has 1 nitrogen and oxygen atoms in total. The van der Waals surface area contributed by atoms with Crippen molar-refractivity contribution in [1.82, 2.24) is 5.32 Å². The molecule has 0 bridgehead atoms. The van der Waals surface area contributed by atoms with Crippen LogP contribution >= 0.6 is 0 Å². The van der Waals surface area contributed by atoms with Crippen molar-refractivity contribution in [3.05, 3.63) is 35.9 Å². The monoisotopic (exact) mass is 241 g/mol. The van der Waals surface area contributed by atoms with Gasteiger partial charge in [0.05, 0.1) is 6.54 Å². The van der Waals surface area contributed by atoms with Gasteiger partial charge in [0.15, 0.2) is 0 Å². The minimum atomic E-state index is 0.661. The van der Waals surface area contributed by atoms with Gasteiger partial charge in [-0.1, -0.05) is 43.9 Å². The van der Waals surface area contributed by atoms with Gasteiger partial charge in [0.1, 0.15) is 0 Å². The fraction of sp³-hybridized carbons (Fsp3) is 0.529. The molecule has 1 aliphatic rings. The van der Waals surface area contributed by atoms with E-state index in [2.05, 4.69) is 43.1 Å². The van der Waals surface area contributed by atoms with Gasteiger partial charge in [-0.2, -0.15) is 0 Å². The first kappa shape index (κ1) is 13.2. The van der Waals surface area contributed by atoms with Crippen LogP contribution in [0.25, 0.3) is 0 Å². The van der Waals surface area contributed by atoms with Crippen molar-refractivity contribution in [2.75, 3.05) is 6.54 Å². The Morgan fingerprint density at radius 2 is 1.72 bits per heavy atom. The molecule has 1 aliphatic carbocycles. The largest absolute Gasteiger partial charge is 0.303 e. The lowest BCUT2D eigenvalue weighted by molar-refractivity contribution is 0.244. The fourth-order valence-corrected chi connectivity index (χ4v) is 2.98. The zero-order valence-corrected chi connectivity index (χ0v) is 11.4. The summed E-state index contributed by atoms with van der Waals surface area (Å²) in [6.45, 7) is 5.53. The summed E-state index contributed by atoms with van der Waals surface area (Å²) in [5.41, 5.74) is 1.10. The van der Waals surface area contributed by atoms with E-state index in [1.54, 1.807) is 0 Å². The van der Waals surface area contributed by atoms with Crippen molar-refractivity contribution in [3.8, 4) is 11.8 Å². The molecule has 1 heteroatoms. The average molecular weight is 241 g/mol. The van der Waals surface area contributed by atoms with E-state index < -0.39 is 0 Å². The van der Waals surface area contributed by atoms with Crippen LogP contribution in [0.4, 0.5) is 0 Å². The van der Waals surface area contributed by atoms with E-state index in [4.69, 9.17) is 0 Å². The molecule has 1 aromatic carbocycles. The molecule has 2 unspecified atom stereocenters. The molecule has 0 aromatic heterocycles. The Bertz CT molecular complexity index is 402. The lowest BCUT2D eigenvalue weighted by Crippen LogP contribution is -2.36. The summed E-state index contributed by atoms with van der Waals surface area (Å²) in [5, 5.41) is 3.58. The Hall–Kier alpha value is -1.26. The maximum Gasteiger partial charge on any atom is 0.0582 e. The van der Waals surface area contributed by atoms with Crippen LogP contribution in [0.1, 0.15) is 38.7 Å². The first-order valence-electron chi connectivity index (χ1n) is 7.01. The van der Waals surface area contributed by atoms with Crippen LogP contribution in [0.15, 0.2) is 30.3 Å². The van der Waals surface area contributed by atoms with Gasteiger partial charge in [-0.3, -0.25) is 0 Å². The smallest absolute Gasteiger partial charge is 0.0582 e. The van der Waals surface area contributed by atoms with Gasteiger partial charge in [0.2, 0.25) is 0 Å². The van der Waals surface area contributed by atoms with Gasteiger partial charge in [-0.25, -0.2) is 0 Å². The molecule has 2 rings (SSSR count). The van der Waals surface area contributed by atoms with E-state index >= 15 is 0 Å². The Morgan fingerprint density at radius 3 is 2.39 bits per heavy atom. The first-order chi connectivity index (χ1) is 8.74. The Kier molecular flexibility index (Phi) is 4.84. The summed E-state index contributed by atoms with van der Waals surface area (Å²) in [6.07, 6.45) is 3.99. The molecule has 1 aromatic rings. The van der Waals surface area contributed by atoms with Gasteiger partial charge in [0.25, 0.3) is 0 Å². The molecule has 1 saturated carbocycles. The van der Waals surface area contributed by atoms with Crippen LogP contribution < -0.4 is 5.32 Å². The molecule has 0 spiro atoms. The van der Waals surface area contributed by atoms with Gasteiger partial charge < -0.3 is 5.32 Å². The Balaban J connectivity index is 1.77. The zero-order chi connectivity index (χ0) is 12.8. The molecule has 0 aliphatic heterocycles. The first-order valence-corrected chi connectivity index (χ1v) is 7.01. The van der Waals surface area contributed by atoms with E-state index in [0.717, 1.165) is 23.9 Å². The summed E-state index contributed by atoms with van der Waals surface area (Å²) < 4.78 is 0. The zero-order valence-electron chi connectivity index (χ0n) is 11.4. The summed E-state index contributed by atoms with van der Waals surface area (Å²) >= 11 is 0. The molecule has 18 heavy (non-hydrogen) atoms. The highest BCUT2D eigenvalue weighted by molar-refractivity contribution is 5.33. The van der Waals surface area contributed by atoms with E-state index in [1.807, 2.05) is 18.2 Å². The van der Waals surface area contributed by atoms with Crippen molar-refractivity contribution >= 4 is 0 Å². The van der Waals surface area contributed by atoms with E-state index in [0.29, 0.717) is 6.04 Å². The molecule has 1 fully saturated rings. The molecule has 1 N–H and O–H groups in total. The fourth-order valence-electron chi connectivity index (χ4n) is 2.98. The third-order valence-corrected chi connectivity index (χ3v) is 3.66. The number of benzene rings is 1. The predicted molar refractivity (Wildman–Crippen MR) is 77.3 cm³/mol. The highest BCUT2D eigenvalue weighted by Crippen LogP contribution is 2.28. The molecule has 0 heterocycles. The van der Waals surface area contributed by atoms with Crippen LogP contribution in [0, 0.1) is 23.7 Å². The molecule has 96 valence electrons. The summed E-state index contributed by atoms with van der Waals surface area (Å²) in [4.78, 5) is 0. The van der Waals surface area contributed by atoms with Gasteiger partial charge >= 0.3 is 0 Å². The lowest BCUT2D eigenvalue weighted by atomic mass is 9.80. The molecule has 0 amide bonds. The maximum absolute atomic E-state index is 3.58. The Morgan fingerprint density at radius 1 is 1.06 bits per heavy atom. The number of rotatable bonds is 2. The van der Waals surface area contributed by atoms with Crippen molar-refractivity contribution in [2.24, 2.45) is 11.8 Å². The molecule has 0 saturated heterocycles. The average Bonchev–Trinajstić information content (AvgIpc) is 2.35. The molecular formula is C17H23N. The van der Waals surface area contributed by atoms with E-state index in [9.17, 15) is 0 Å². The molecule has 2 atom stereocenters. The second-order valence-corrected chi connectivity index (χ2v) is 5.66. The highest BCUT2D eigenvalue weighted by atomic mass is 14.9. The second kappa shape index (κ2) is 6.61. The summed E-state index contributed by atoms with van der Waals surface area (Å²) in [5.74, 6) is 8.12. The minimum Gasteiger partial charge on any atom is -0.303 e. The standard InChI is InChI=1S/C17H23N/c1-14-11-15(2)13-17(12-14)18-10-6-9-16-7-4-3-5-8-16/h3-5,7-8,14-15,17-18H,10-13H2,1-2H3. The lowest BCUT2D eigenvalue weighted by Gasteiger charge is -2.31. The van der Waals surface area contributed by atoms with Crippen LogP contribution in [0.3, 0.4) is 0 Å². The van der Waals surface area contributed by atoms with Crippen molar-refractivity contribution in [1.29, 1.82) is 0 Å². The molecular weight excluding hydrogens is 218 g/mol. The van der Waals surface area contributed by atoms with Crippen LogP contribution in [-0.4, -0.2) is 12.6 Å². The number of hydrogen-bond donors (Lipinski definition) is 1. The van der Waals surface area contributed by atoms with Crippen molar-refractivity contribution in [3.63, 3.8) is 0 Å². The number of nitrogens with one attached hydrogen (secondary N) is 1. The van der Waals surface area contributed by atoms with Crippen molar-refractivity contribution in [2.45, 2.75) is 39.2 Å². The Labute approximate surface area is 111 Å². The number of hydrogen-bond acceptors (Lipinski definition) is 1. The predicted octanol–water partition coefficient (Wildman–Crippen LogP) is 3.45. The summed E-state index contributed by atoms with van der Waals surface area (Å²) in [7, 11) is 0. The van der Waals surface area contributed by atoms with Crippen LogP contribution in [-0.2, 0) is 0 Å². The SMILES string of the molecule is CC1CC(C)CC(NCC#Cc2ccccc2)C1.